The number of esters is 2. The minimum atomic E-state index is -4.76. The predicted molar refractivity (Wildman–Crippen MR) is 66.0 cm³/mol. The molecule has 1 fully saturated rings. The topological polar surface area (TPSA) is 90.4 Å². The van der Waals surface area contributed by atoms with Crippen LogP contribution in [-0.4, -0.2) is 41.2 Å². The minimum absolute atomic E-state index is 0.0214. The Morgan fingerprint density at radius 2 is 2.27 bits per heavy atom. The quantitative estimate of drug-likeness (QED) is 0.839. The molecule has 0 bridgehead atoms. The number of aromatic nitrogens is 2. The first-order valence-corrected chi connectivity index (χ1v) is 6.34. The number of nitrogens with one attached hydrogen (secondary N) is 1. The maximum Gasteiger partial charge on any atom is 0.451 e. The second kappa shape index (κ2) is 6.16. The van der Waals surface area contributed by atoms with Gasteiger partial charge in [0.05, 0.1) is 19.1 Å². The number of anilines is 1. The van der Waals surface area contributed by atoms with Crippen molar-refractivity contribution in [2.24, 2.45) is 0 Å². The summed E-state index contributed by atoms with van der Waals surface area (Å²) in [6.45, 7) is 1.58. The van der Waals surface area contributed by atoms with E-state index in [0.29, 0.717) is 0 Å². The van der Waals surface area contributed by atoms with Crippen LogP contribution in [0.1, 0.15) is 29.5 Å². The van der Waals surface area contributed by atoms with Gasteiger partial charge in [-0.1, -0.05) is 0 Å². The Morgan fingerprint density at radius 3 is 2.82 bits per heavy atom. The molecule has 22 heavy (non-hydrogen) atoms. The fourth-order valence-electron chi connectivity index (χ4n) is 1.79. The Balaban J connectivity index is 2.32. The summed E-state index contributed by atoms with van der Waals surface area (Å²) in [5.74, 6) is -3.08. The first kappa shape index (κ1) is 16.0. The lowest BCUT2D eigenvalue weighted by Gasteiger charge is -2.15. The average Bonchev–Trinajstić information content (AvgIpc) is 2.83. The highest BCUT2D eigenvalue weighted by atomic mass is 19.4. The first-order valence-electron chi connectivity index (χ1n) is 6.34. The molecule has 1 saturated heterocycles. The molecule has 1 aliphatic rings. The van der Waals surface area contributed by atoms with Crippen LogP contribution >= 0.6 is 0 Å². The van der Waals surface area contributed by atoms with Crippen molar-refractivity contribution in [2.45, 2.75) is 25.6 Å². The summed E-state index contributed by atoms with van der Waals surface area (Å²) in [5.41, 5.74) is -0.241. The van der Waals surface area contributed by atoms with Crippen molar-refractivity contribution in [1.29, 1.82) is 0 Å². The molecule has 1 aliphatic heterocycles. The van der Waals surface area contributed by atoms with E-state index in [0.717, 1.165) is 6.20 Å². The Morgan fingerprint density at radius 1 is 1.55 bits per heavy atom. The van der Waals surface area contributed by atoms with Crippen molar-refractivity contribution >= 4 is 17.8 Å². The number of cyclic esters (lactones) is 1. The second-order valence-electron chi connectivity index (χ2n) is 4.40. The van der Waals surface area contributed by atoms with Gasteiger partial charge in [0, 0.05) is 6.20 Å². The van der Waals surface area contributed by atoms with Crippen LogP contribution < -0.4 is 5.32 Å². The molecule has 1 atom stereocenters. The van der Waals surface area contributed by atoms with Crippen LogP contribution in [0.3, 0.4) is 0 Å². The van der Waals surface area contributed by atoms with Crippen molar-refractivity contribution in [2.75, 3.05) is 18.5 Å². The molecule has 1 aromatic heterocycles. The van der Waals surface area contributed by atoms with E-state index in [9.17, 15) is 22.8 Å². The number of nitrogens with zero attached hydrogens (tertiary/aromatic N) is 2. The average molecular weight is 319 g/mol. The third-order valence-electron chi connectivity index (χ3n) is 2.74. The lowest BCUT2D eigenvalue weighted by Crippen LogP contribution is -2.24. The molecule has 120 valence electrons. The molecule has 0 spiro atoms. The molecule has 0 aliphatic carbocycles. The molecule has 0 radical (unpaired) electrons. The third kappa shape index (κ3) is 3.62. The fraction of sp³-hybridized carbons (Fsp3) is 0.500. The Labute approximate surface area is 122 Å². The maximum atomic E-state index is 12.7. The lowest BCUT2D eigenvalue weighted by molar-refractivity contribution is -0.145. The summed E-state index contributed by atoms with van der Waals surface area (Å²) in [7, 11) is 0. The summed E-state index contributed by atoms with van der Waals surface area (Å²) in [5, 5.41) is 2.59. The van der Waals surface area contributed by atoms with Crippen LogP contribution in [0, 0.1) is 0 Å². The summed E-state index contributed by atoms with van der Waals surface area (Å²) in [4.78, 5) is 29.2. The zero-order valence-electron chi connectivity index (χ0n) is 11.4. The van der Waals surface area contributed by atoms with Crippen LogP contribution in [0.2, 0.25) is 0 Å². The number of carbonyl (C=O) groups is 2. The molecule has 0 aromatic carbocycles. The molecule has 7 nitrogen and oxygen atoms in total. The summed E-state index contributed by atoms with van der Waals surface area (Å²) < 4.78 is 47.5. The number of halogens is 3. The van der Waals surface area contributed by atoms with Crippen molar-refractivity contribution in [3.63, 3.8) is 0 Å². The van der Waals surface area contributed by atoms with E-state index >= 15 is 0 Å². The molecule has 0 unspecified atom stereocenters. The summed E-state index contributed by atoms with van der Waals surface area (Å²) in [6.07, 6.45) is -4.05. The smallest absolute Gasteiger partial charge is 0.451 e. The third-order valence-corrected chi connectivity index (χ3v) is 2.74. The Bertz CT molecular complexity index is 591. The number of alkyl halides is 3. The monoisotopic (exact) mass is 319 g/mol. The van der Waals surface area contributed by atoms with Gasteiger partial charge in [-0.05, 0) is 6.92 Å². The predicted octanol–water partition coefficient (Wildman–Crippen LogP) is 1.40. The van der Waals surface area contributed by atoms with Gasteiger partial charge in [0.1, 0.15) is 18.0 Å². The van der Waals surface area contributed by atoms with E-state index < -0.39 is 30.0 Å². The van der Waals surface area contributed by atoms with Crippen LogP contribution in [0.4, 0.5) is 19.0 Å². The molecule has 2 rings (SSSR count). The summed E-state index contributed by atoms with van der Waals surface area (Å²) in [6, 6.07) is -0.573. The zero-order chi connectivity index (χ0) is 16.3. The van der Waals surface area contributed by atoms with Gasteiger partial charge in [-0.15, -0.1) is 0 Å². The molecule has 10 heteroatoms. The Kier molecular flexibility index (Phi) is 4.48. The molecule has 0 amide bonds. The summed E-state index contributed by atoms with van der Waals surface area (Å²) >= 11 is 0. The maximum absolute atomic E-state index is 12.7. The van der Waals surface area contributed by atoms with Crippen molar-refractivity contribution in [3.8, 4) is 0 Å². The highest BCUT2D eigenvalue weighted by molar-refractivity contribution is 5.94. The van der Waals surface area contributed by atoms with Gasteiger partial charge in [0.25, 0.3) is 0 Å². The van der Waals surface area contributed by atoms with E-state index in [-0.39, 0.29) is 31.0 Å². The van der Waals surface area contributed by atoms with E-state index in [2.05, 4.69) is 15.3 Å². The van der Waals surface area contributed by atoms with E-state index in [1.165, 1.54) is 0 Å². The molecule has 1 aromatic rings. The first-order chi connectivity index (χ1) is 10.3. The van der Waals surface area contributed by atoms with E-state index in [1.54, 1.807) is 6.92 Å². The van der Waals surface area contributed by atoms with Gasteiger partial charge in [-0.2, -0.15) is 13.2 Å². The molecular weight excluding hydrogens is 307 g/mol. The number of rotatable bonds is 4. The van der Waals surface area contributed by atoms with Gasteiger partial charge in [-0.3, -0.25) is 4.79 Å². The molecule has 0 saturated carbocycles. The van der Waals surface area contributed by atoms with Crippen LogP contribution in [0.15, 0.2) is 6.20 Å². The van der Waals surface area contributed by atoms with E-state index in [1.807, 2.05) is 0 Å². The van der Waals surface area contributed by atoms with E-state index in [4.69, 9.17) is 9.47 Å². The van der Waals surface area contributed by atoms with Gasteiger partial charge in [0.2, 0.25) is 5.82 Å². The highest BCUT2D eigenvalue weighted by Crippen LogP contribution is 2.28. The normalized spacial score (nSPS) is 18.0. The number of carbonyl (C=O) groups excluding carboxylic acids is 2. The minimum Gasteiger partial charge on any atom is -0.463 e. The van der Waals surface area contributed by atoms with Crippen LogP contribution in [-0.2, 0) is 20.4 Å². The SMILES string of the molecule is CCOC(=O)c1cnc(C(F)(F)F)nc1N[C@@H]1COC(=O)C1. The fourth-order valence-corrected chi connectivity index (χ4v) is 1.79. The molecule has 2 heterocycles. The van der Waals surface area contributed by atoms with Crippen molar-refractivity contribution in [3.05, 3.63) is 17.6 Å². The number of ether oxygens (including phenoxy) is 2. The van der Waals surface area contributed by atoms with Gasteiger partial charge in [0.15, 0.2) is 0 Å². The van der Waals surface area contributed by atoms with Gasteiger partial charge >= 0.3 is 18.1 Å². The van der Waals surface area contributed by atoms with Gasteiger partial charge in [-0.25, -0.2) is 14.8 Å². The van der Waals surface area contributed by atoms with Crippen LogP contribution in [0.25, 0.3) is 0 Å². The zero-order valence-corrected chi connectivity index (χ0v) is 11.4. The Hall–Kier alpha value is -2.39. The molecular formula is C12H12F3N3O4. The number of hydrogen-bond acceptors (Lipinski definition) is 7. The van der Waals surface area contributed by atoms with Crippen molar-refractivity contribution in [1.82, 2.24) is 9.97 Å². The lowest BCUT2D eigenvalue weighted by atomic mass is 10.2. The largest absolute Gasteiger partial charge is 0.463 e. The van der Waals surface area contributed by atoms with Crippen LogP contribution in [0.5, 0.6) is 0 Å². The number of hydrogen-bond donors (Lipinski definition) is 1. The van der Waals surface area contributed by atoms with Gasteiger partial charge < -0.3 is 14.8 Å². The second-order valence-corrected chi connectivity index (χ2v) is 4.40. The van der Waals surface area contributed by atoms with Crippen molar-refractivity contribution < 1.29 is 32.2 Å². The highest BCUT2D eigenvalue weighted by Gasteiger charge is 2.36. The standard InChI is InChI=1S/C12H12F3N3O4/c1-2-21-10(20)7-4-16-11(12(13,14)15)18-9(7)17-6-3-8(19)22-5-6/h4,6H,2-3,5H2,1H3,(H,16,17,18)/t6-/m0/s1. The molecule has 1 N–H and O–H groups in total.